The standard InChI is InChI=1S/C13H22N4O2S/c1-9-10(2)15-13(17(3)4)16-12(9)14-7-11-5-6-20(18,19)8-11/h11H,5-8H2,1-4H3,(H,14,15,16). The van der Waals surface area contributed by atoms with Crippen molar-refractivity contribution in [2.45, 2.75) is 20.3 Å². The van der Waals surface area contributed by atoms with Crippen LogP contribution in [-0.2, 0) is 9.84 Å². The molecule has 1 aliphatic heterocycles. The van der Waals surface area contributed by atoms with Crippen molar-refractivity contribution >= 4 is 21.6 Å². The van der Waals surface area contributed by atoms with Crippen molar-refractivity contribution in [2.75, 3.05) is 42.4 Å². The fraction of sp³-hybridized carbons (Fsp3) is 0.692. The maximum atomic E-state index is 11.5. The molecule has 0 aliphatic carbocycles. The Balaban J connectivity index is 2.09. The van der Waals surface area contributed by atoms with E-state index in [4.69, 9.17) is 0 Å². The number of aromatic nitrogens is 2. The molecule has 20 heavy (non-hydrogen) atoms. The fourth-order valence-corrected chi connectivity index (χ4v) is 4.12. The van der Waals surface area contributed by atoms with Crippen LogP contribution in [0.1, 0.15) is 17.7 Å². The van der Waals surface area contributed by atoms with Crippen molar-refractivity contribution in [2.24, 2.45) is 5.92 Å². The summed E-state index contributed by atoms with van der Waals surface area (Å²) < 4.78 is 22.9. The van der Waals surface area contributed by atoms with Crippen LogP contribution in [0.3, 0.4) is 0 Å². The van der Waals surface area contributed by atoms with E-state index in [1.54, 1.807) is 0 Å². The molecule has 0 radical (unpaired) electrons. The summed E-state index contributed by atoms with van der Waals surface area (Å²) >= 11 is 0. The number of hydrogen-bond donors (Lipinski definition) is 1. The zero-order valence-electron chi connectivity index (χ0n) is 12.5. The first-order valence-corrected chi connectivity index (χ1v) is 8.57. The lowest BCUT2D eigenvalue weighted by Gasteiger charge is -2.17. The molecule has 0 amide bonds. The molecular weight excluding hydrogens is 276 g/mol. The minimum Gasteiger partial charge on any atom is -0.369 e. The minimum absolute atomic E-state index is 0.178. The molecule has 1 saturated heterocycles. The summed E-state index contributed by atoms with van der Waals surface area (Å²) in [6.07, 6.45) is 0.735. The number of nitrogens with one attached hydrogen (secondary N) is 1. The molecule has 112 valence electrons. The highest BCUT2D eigenvalue weighted by Gasteiger charge is 2.27. The van der Waals surface area contributed by atoms with E-state index in [2.05, 4.69) is 15.3 Å². The molecule has 2 heterocycles. The zero-order chi connectivity index (χ0) is 14.9. The Morgan fingerprint density at radius 2 is 2.00 bits per heavy atom. The molecule has 0 bridgehead atoms. The fourth-order valence-electron chi connectivity index (χ4n) is 2.26. The smallest absolute Gasteiger partial charge is 0.227 e. The molecule has 1 unspecified atom stereocenters. The molecule has 0 aromatic carbocycles. The van der Waals surface area contributed by atoms with Crippen molar-refractivity contribution in [1.82, 2.24) is 9.97 Å². The van der Waals surface area contributed by atoms with E-state index in [0.717, 1.165) is 23.5 Å². The van der Waals surface area contributed by atoms with Crippen LogP contribution in [0.4, 0.5) is 11.8 Å². The first-order valence-electron chi connectivity index (χ1n) is 6.75. The molecule has 1 aromatic heterocycles. The SMILES string of the molecule is Cc1nc(N(C)C)nc(NCC2CCS(=O)(=O)C2)c1C. The number of hydrogen-bond acceptors (Lipinski definition) is 6. The van der Waals surface area contributed by atoms with Gasteiger partial charge in [-0.05, 0) is 26.2 Å². The Morgan fingerprint density at radius 3 is 2.55 bits per heavy atom. The summed E-state index contributed by atoms with van der Waals surface area (Å²) in [6, 6.07) is 0. The second-order valence-electron chi connectivity index (χ2n) is 5.63. The van der Waals surface area contributed by atoms with Crippen LogP contribution in [0.2, 0.25) is 0 Å². The highest BCUT2D eigenvalue weighted by atomic mass is 32.2. The quantitative estimate of drug-likeness (QED) is 0.894. The summed E-state index contributed by atoms with van der Waals surface area (Å²) in [4.78, 5) is 10.8. The van der Waals surface area contributed by atoms with Gasteiger partial charge in [-0.3, -0.25) is 0 Å². The van der Waals surface area contributed by atoms with Crippen LogP contribution in [-0.4, -0.2) is 50.5 Å². The first kappa shape index (κ1) is 15.0. The molecule has 1 aromatic rings. The normalized spacial score (nSPS) is 20.9. The van der Waals surface area contributed by atoms with Gasteiger partial charge in [0.25, 0.3) is 0 Å². The van der Waals surface area contributed by atoms with Crippen LogP contribution in [0.5, 0.6) is 0 Å². The average molecular weight is 298 g/mol. The Kier molecular flexibility index (Phi) is 4.17. The van der Waals surface area contributed by atoms with Crippen molar-refractivity contribution in [3.05, 3.63) is 11.3 Å². The Labute approximate surface area is 120 Å². The van der Waals surface area contributed by atoms with Crippen LogP contribution in [0, 0.1) is 19.8 Å². The van der Waals surface area contributed by atoms with Crippen LogP contribution in [0.15, 0.2) is 0 Å². The lowest BCUT2D eigenvalue weighted by molar-refractivity contribution is 0.595. The third-order valence-electron chi connectivity index (χ3n) is 3.66. The molecule has 1 atom stereocenters. The number of anilines is 2. The molecular formula is C13H22N4O2S. The summed E-state index contributed by atoms with van der Waals surface area (Å²) in [5.74, 6) is 2.23. The van der Waals surface area contributed by atoms with Crippen molar-refractivity contribution in [1.29, 1.82) is 0 Å². The van der Waals surface area contributed by atoms with Gasteiger partial charge in [-0.25, -0.2) is 13.4 Å². The van der Waals surface area contributed by atoms with Gasteiger partial charge in [-0.15, -0.1) is 0 Å². The van der Waals surface area contributed by atoms with E-state index in [1.165, 1.54) is 0 Å². The van der Waals surface area contributed by atoms with E-state index in [-0.39, 0.29) is 11.7 Å². The molecule has 0 spiro atoms. The number of aryl methyl sites for hydroxylation is 1. The van der Waals surface area contributed by atoms with Gasteiger partial charge >= 0.3 is 0 Å². The van der Waals surface area contributed by atoms with E-state index >= 15 is 0 Å². The van der Waals surface area contributed by atoms with Gasteiger partial charge in [0, 0.05) is 31.9 Å². The predicted molar refractivity (Wildman–Crippen MR) is 81.1 cm³/mol. The average Bonchev–Trinajstić information content (AvgIpc) is 2.70. The molecule has 6 nitrogen and oxygen atoms in total. The Hall–Kier alpha value is -1.37. The summed E-state index contributed by atoms with van der Waals surface area (Å²) in [7, 11) is 0.980. The van der Waals surface area contributed by atoms with Gasteiger partial charge in [0.15, 0.2) is 9.84 Å². The third kappa shape index (κ3) is 3.39. The van der Waals surface area contributed by atoms with Crippen LogP contribution >= 0.6 is 0 Å². The van der Waals surface area contributed by atoms with E-state index in [0.29, 0.717) is 18.2 Å². The summed E-state index contributed by atoms with van der Waals surface area (Å²) in [5, 5.41) is 3.29. The van der Waals surface area contributed by atoms with Crippen LogP contribution < -0.4 is 10.2 Å². The second kappa shape index (κ2) is 5.55. The maximum absolute atomic E-state index is 11.5. The minimum atomic E-state index is -2.82. The third-order valence-corrected chi connectivity index (χ3v) is 5.50. The molecule has 2 rings (SSSR count). The van der Waals surface area contributed by atoms with Crippen molar-refractivity contribution in [3.8, 4) is 0 Å². The second-order valence-corrected chi connectivity index (χ2v) is 7.86. The number of nitrogens with zero attached hydrogens (tertiary/aromatic N) is 3. The molecule has 1 fully saturated rings. The lowest BCUT2D eigenvalue weighted by atomic mass is 10.1. The van der Waals surface area contributed by atoms with Gasteiger partial charge in [0.05, 0.1) is 11.5 Å². The van der Waals surface area contributed by atoms with Crippen LogP contribution in [0.25, 0.3) is 0 Å². The van der Waals surface area contributed by atoms with Gasteiger partial charge in [0.2, 0.25) is 5.95 Å². The molecule has 1 aliphatic rings. The highest BCUT2D eigenvalue weighted by Crippen LogP contribution is 2.22. The van der Waals surface area contributed by atoms with Gasteiger partial charge in [-0.1, -0.05) is 0 Å². The lowest BCUT2D eigenvalue weighted by Crippen LogP contribution is -2.19. The van der Waals surface area contributed by atoms with E-state index in [1.807, 2.05) is 32.8 Å². The largest absolute Gasteiger partial charge is 0.369 e. The van der Waals surface area contributed by atoms with Gasteiger partial charge in [0.1, 0.15) is 5.82 Å². The topological polar surface area (TPSA) is 75.2 Å². The zero-order valence-corrected chi connectivity index (χ0v) is 13.3. The Morgan fingerprint density at radius 1 is 1.30 bits per heavy atom. The van der Waals surface area contributed by atoms with Gasteiger partial charge in [-0.2, -0.15) is 4.98 Å². The Bertz CT molecular complexity index is 599. The van der Waals surface area contributed by atoms with E-state index < -0.39 is 9.84 Å². The maximum Gasteiger partial charge on any atom is 0.227 e. The highest BCUT2D eigenvalue weighted by molar-refractivity contribution is 7.91. The number of sulfone groups is 1. The summed E-state index contributed by atoms with van der Waals surface area (Å²) in [6.45, 7) is 4.57. The van der Waals surface area contributed by atoms with Gasteiger partial charge < -0.3 is 10.2 Å². The number of rotatable bonds is 4. The van der Waals surface area contributed by atoms with E-state index in [9.17, 15) is 8.42 Å². The molecule has 7 heteroatoms. The van der Waals surface area contributed by atoms with Crippen molar-refractivity contribution < 1.29 is 8.42 Å². The predicted octanol–water partition coefficient (Wildman–Crippen LogP) is 1.01. The summed E-state index contributed by atoms with van der Waals surface area (Å²) in [5.41, 5.74) is 1.95. The molecule has 0 saturated carbocycles. The first-order chi connectivity index (χ1) is 9.28. The van der Waals surface area contributed by atoms with Crippen molar-refractivity contribution in [3.63, 3.8) is 0 Å². The monoisotopic (exact) mass is 298 g/mol. The molecule has 1 N–H and O–H groups in total.